The summed E-state index contributed by atoms with van der Waals surface area (Å²) in [4.78, 5) is 18.6. The monoisotopic (exact) mass is 472 g/mol. The van der Waals surface area contributed by atoms with E-state index in [1.165, 1.54) is 4.31 Å². The lowest BCUT2D eigenvalue weighted by molar-refractivity contribution is -0.131. The number of hydrogen-bond acceptors (Lipinski definition) is 7. The van der Waals surface area contributed by atoms with E-state index in [9.17, 15) is 21.6 Å². The van der Waals surface area contributed by atoms with Gasteiger partial charge in [-0.25, -0.2) is 21.8 Å². The molecule has 1 aliphatic heterocycles. The zero-order valence-electron chi connectivity index (χ0n) is 17.0. The summed E-state index contributed by atoms with van der Waals surface area (Å²) in [5.41, 5.74) is 2.05. The van der Waals surface area contributed by atoms with E-state index in [0.717, 1.165) is 23.2 Å². The van der Waals surface area contributed by atoms with E-state index in [1.54, 1.807) is 29.3 Å². The predicted molar refractivity (Wildman–Crippen MR) is 116 cm³/mol. The van der Waals surface area contributed by atoms with E-state index < -0.39 is 20.0 Å². The number of amides is 1. The molecule has 0 saturated carbocycles. The van der Waals surface area contributed by atoms with Crippen molar-refractivity contribution in [2.45, 2.75) is 25.2 Å². The fourth-order valence-electron chi connectivity index (χ4n) is 3.16. The summed E-state index contributed by atoms with van der Waals surface area (Å²) >= 11 is 1.11. The molecular formula is C18H24N4O5S3. The van der Waals surface area contributed by atoms with Crippen molar-refractivity contribution in [1.82, 2.24) is 14.2 Å². The quantitative estimate of drug-likeness (QED) is 0.675. The van der Waals surface area contributed by atoms with Gasteiger partial charge in [0.25, 0.3) is 0 Å². The van der Waals surface area contributed by atoms with Gasteiger partial charge >= 0.3 is 0 Å². The van der Waals surface area contributed by atoms with Gasteiger partial charge < -0.3 is 4.90 Å². The Hall–Kier alpha value is -2.02. The van der Waals surface area contributed by atoms with Crippen LogP contribution >= 0.6 is 11.3 Å². The van der Waals surface area contributed by atoms with Gasteiger partial charge in [0.05, 0.1) is 23.3 Å². The maximum atomic E-state index is 13.0. The van der Waals surface area contributed by atoms with Gasteiger partial charge in [0.2, 0.25) is 26.0 Å². The van der Waals surface area contributed by atoms with Crippen molar-refractivity contribution in [2.24, 2.45) is 0 Å². The van der Waals surface area contributed by atoms with Crippen molar-refractivity contribution in [3.8, 4) is 0 Å². The summed E-state index contributed by atoms with van der Waals surface area (Å²) in [6.45, 7) is 4.65. The molecule has 3 rings (SSSR count). The van der Waals surface area contributed by atoms with Gasteiger partial charge in [-0.1, -0.05) is 12.1 Å². The largest absolute Gasteiger partial charge is 0.340 e. The summed E-state index contributed by atoms with van der Waals surface area (Å²) < 4.78 is 52.2. The topological polar surface area (TPSA) is 117 Å². The lowest BCUT2D eigenvalue weighted by Crippen LogP contribution is -2.51. The van der Waals surface area contributed by atoms with E-state index in [4.69, 9.17) is 0 Å². The average Bonchev–Trinajstić information content (AvgIpc) is 3.08. The minimum atomic E-state index is -3.62. The Labute approximate surface area is 180 Å². The van der Waals surface area contributed by atoms with Crippen LogP contribution in [-0.2, 0) is 31.3 Å². The van der Waals surface area contributed by atoms with E-state index in [0.29, 0.717) is 29.2 Å². The molecule has 9 nitrogen and oxygen atoms in total. The zero-order valence-corrected chi connectivity index (χ0v) is 19.4. The molecule has 1 amide bonds. The molecule has 0 atom stereocenters. The Morgan fingerprint density at radius 3 is 2.43 bits per heavy atom. The van der Waals surface area contributed by atoms with Crippen LogP contribution in [0.2, 0.25) is 0 Å². The number of nitrogens with one attached hydrogen (secondary N) is 1. The molecule has 1 aliphatic rings. The highest BCUT2D eigenvalue weighted by Crippen LogP contribution is 2.23. The number of rotatable bonds is 6. The van der Waals surface area contributed by atoms with Gasteiger partial charge in [-0.3, -0.25) is 9.52 Å². The third kappa shape index (κ3) is 5.36. The molecule has 30 heavy (non-hydrogen) atoms. The molecule has 0 aliphatic carbocycles. The number of nitrogens with zero attached hydrogens (tertiary/aromatic N) is 3. The van der Waals surface area contributed by atoms with E-state index >= 15 is 0 Å². The second-order valence-corrected chi connectivity index (χ2v) is 11.8. The van der Waals surface area contributed by atoms with Crippen molar-refractivity contribution in [2.75, 3.05) is 37.2 Å². The van der Waals surface area contributed by atoms with E-state index in [1.807, 2.05) is 13.0 Å². The Balaban J connectivity index is 1.61. The minimum Gasteiger partial charge on any atom is -0.340 e. The van der Waals surface area contributed by atoms with Crippen LogP contribution in [0.15, 0.2) is 28.5 Å². The Morgan fingerprint density at radius 1 is 1.13 bits per heavy atom. The van der Waals surface area contributed by atoms with Gasteiger partial charge in [0, 0.05) is 31.6 Å². The molecule has 0 unspecified atom stereocenters. The Bertz CT molecular complexity index is 1150. The van der Waals surface area contributed by atoms with Gasteiger partial charge in [-0.2, -0.15) is 4.31 Å². The number of carbonyl (C=O) groups is 1. The van der Waals surface area contributed by atoms with Gasteiger partial charge in [0.15, 0.2) is 5.13 Å². The van der Waals surface area contributed by atoms with Crippen molar-refractivity contribution in [1.29, 1.82) is 0 Å². The van der Waals surface area contributed by atoms with Crippen LogP contribution in [0.4, 0.5) is 5.13 Å². The fourth-order valence-corrected chi connectivity index (χ4v) is 6.46. The smallest absolute Gasteiger partial charge is 0.243 e. The molecule has 0 radical (unpaired) electrons. The van der Waals surface area contributed by atoms with E-state index in [2.05, 4.69) is 9.71 Å². The minimum absolute atomic E-state index is 0.0334. The molecule has 0 bridgehead atoms. The molecule has 2 heterocycles. The Kier molecular flexibility index (Phi) is 6.51. The number of benzene rings is 1. The number of aromatic nitrogens is 1. The molecule has 164 valence electrons. The molecule has 1 saturated heterocycles. The van der Waals surface area contributed by atoms with Crippen LogP contribution in [0, 0.1) is 13.8 Å². The van der Waals surface area contributed by atoms with Crippen molar-refractivity contribution < 1.29 is 21.6 Å². The van der Waals surface area contributed by atoms with Crippen LogP contribution in [0.1, 0.15) is 16.8 Å². The SMILES string of the molecule is Cc1ccc(C)c(S(=O)(=O)N2CCN(C(=O)Cc3csc(NS(C)(=O)=O)n3)CC2)c1. The molecule has 1 N–H and O–H groups in total. The van der Waals surface area contributed by atoms with Gasteiger partial charge in [-0.05, 0) is 31.0 Å². The summed E-state index contributed by atoms with van der Waals surface area (Å²) in [6.07, 6.45) is 1.07. The number of hydrogen-bond donors (Lipinski definition) is 1. The maximum absolute atomic E-state index is 13.0. The highest BCUT2D eigenvalue weighted by Gasteiger charge is 2.31. The predicted octanol–water partition coefficient (Wildman–Crippen LogP) is 1.21. The van der Waals surface area contributed by atoms with Crippen molar-refractivity contribution in [3.63, 3.8) is 0 Å². The summed E-state index contributed by atoms with van der Waals surface area (Å²) in [6, 6.07) is 5.34. The lowest BCUT2D eigenvalue weighted by Gasteiger charge is -2.34. The average molecular weight is 473 g/mol. The molecule has 1 fully saturated rings. The molecule has 0 spiro atoms. The standard InChI is InChI=1S/C18H24N4O5S3/c1-13-4-5-14(2)16(10-13)30(26,27)22-8-6-21(7-9-22)17(23)11-15-12-28-18(19-15)20-29(3,24)25/h4-5,10,12H,6-9,11H2,1-3H3,(H,19,20). The zero-order chi connectivity index (χ0) is 22.1. The first kappa shape index (κ1) is 22.7. The maximum Gasteiger partial charge on any atom is 0.243 e. The highest BCUT2D eigenvalue weighted by atomic mass is 32.2. The first-order chi connectivity index (χ1) is 14.0. The van der Waals surface area contributed by atoms with Gasteiger partial charge in [-0.15, -0.1) is 11.3 Å². The number of sulfonamides is 2. The van der Waals surface area contributed by atoms with Crippen LogP contribution in [0.3, 0.4) is 0 Å². The molecular weight excluding hydrogens is 448 g/mol. The van der Waals surface area contributed by atoms with Crippen LogP contribution in [-0.4, -0.2) is 69.4 Å². The number of anilines is 1. The first-order valence-electron chi connectivity index (χ1n) is 9.23. The normalized spacial score (nSPS) is 15.9. The highest BCUT2D eigenvalue weighted by molar-refractivity contribution is 7.92. The summed E-state index contributed by atoms with van der Waals surface area (Å²) in [7, 11) is -7.04. The molecule has 12 heteroatoms. The van der Waals surface area contributed by atoms with Crippen LogP contribution in [0.5, 0.6) is 0 Å². The number of thiazole rings is 1. The molecule has 1 aromatic carbocycles. The Morgan fingerprint density at radius 2 is 1.80 bits per heavy atom. The van der Waals surface area contributed by atoms with Crippen LogP contribution in [0.25, 0.3) is 0 Å². The lowest BCUT2D eigenvalue weighted by atomic mass is 10.2. The number of carbonyl (C=O) groups excluding carboxylic acids is 1. The fraction of sp³-hybridized carbons (Fsp3) is 0.444. The second kappa shape index (κ2) is 8.61. The van der Waals surface area contributed by atoms with Gasteiger partial charge in [0.1, 0.15) is 0 Å². The second-order valence-electron chi connectivity index (χ2n) is 7.25. The molecule has 2 aromatic rings. The summed E-state index contributed by atoms with van der Waals surface area (Å²) in [5, 5.41) is 1.84. The molecule has 1 aromatic heterocycles. The van der Waals surface area contributed by atoms with Crippen LogP contribution < -0.4 is 4.72 Å². The number of aryl methyl sites for hydroxylation is 2. The van der Waals surface area contributed by atoms with Crippen molar-refractivity contribution in [3.05, 3.63) is 40.4 Å². The summed E-state index contributed by atoms with van der Waals surface area (Å²) in [5.74, 6) is -0.171. The van der Waals surface area contributed by atoms with Crippen molar-refractivity contribution >= 4 is 42.4 Å². The number of piperazine rings is 1. The van der Waals surface area contributed by atoms with E-state index in [-0.39, 0.29) is 30.5 Å². The first-order valence-corrected chi connectivity index (χ1v) is 13.4. The third-order valence-electron chi connectivity index (χ3n) is 4.71. The third-order valence-corrected chi connectivity index (χ3v) is 8.25.